The minimum absolute atomic E-state index is 0.118. The van der Waals surface area contributed by atoms with Gasteiger partial charge in [0.25, 0.3) is 11.5 Å². The minimum atomic E-state index is -0.174. The molecule has 1 aromatic carbocycles. The number of ether oxygens (including phenoxy) is 2. The summed E-state index contributed by atoms with van der Waals surface area (Å²) in [6, 6.07) is 3.40. The molecule has 1 aromatic heterocycles. The van der Waals surface area contributed by atoms with Crippen LogP contribution in [0, 0.1) is 0 Å². The molecule has 0 aliphatic carbocycles. The number of piperidine rings is 1. The standard InChI is InChI=1S/C23H33N3O4/c1-4-5-9-24-22(27)19-16-26(13-12-25-10-7-6-8-11-25)23(28)18-15-21(30-3)20(29-2)14-17(18)19/h14-16H,4-13H2,1-3H3,(H,24,27). The van der Waals surface area contributed by atoms with Crippen LogP contribution in [0.1, 0.15) is 49.4 Å². The van der Waals surface area contributed by atoms with Crippen LogP contribution in [0.2, 0.25) is 0 Å². The third-order valence-electron chi connectivity index (χ3n) is 5.76. The lowest BCUT2D eigenvalue weighted by Gasteiger charge is -2.26. The van der Waals surface area contributed by atoms with E-state index in [9.17, 15) is 9.59 Å². The van der Waals surface area contributed by atoms with Crippen molar-refractivity contribution in [2.24, 2.45) is 0 Å². The molecule has 0 atom stereocenters. The van der Waals surface area contributed by atoms with E-state index in [0.717, 1.165) is 32.5 Å². The fourth-order valence-corrected chi connectivity index (χ4v) is 3.97. The maximum Gasteiger partial charge on any atom is 0.258 e. The Labute approximate surface area is 178 Å². The van der Waals surface area contributed by atoms with Crippen LogP contribution in [0.5, 0.6) is 11.5 Å². The second-order valence-electron chi connectivity index (χ2n) is 7.81. The lowest BCUT2D eigenvalue weighted by atomic mass is 10.1. The van der Waals surface area contributed by atoms with E-state index in [4.69, 9.17) is 9.47 Å². The highest BCUT2D eigenvalue weighted by atomic mass is 16.5. The van der Waals surface area contributed by atoms with Gasteiger partial charge in [-0.1, -0.05) is 19.8 Å². The van der Waals surface area contributed by atoms with Gasteiger partial charge in [-0.05, 0) is 44.5 Å². The first-order valence-corrected chi connectivity index (χ1v) is 10.9. The molecule has 2 heterocycles. The Morgan fingerprint density at radius 3 is 2.33 bits per heavy atom. The van der Waals surface area contributed by atoms with E-state index in [1.54, 1.807) is 37.1 Å². The van der Waals surface area contributed by atoms with Gasteiger partial charge >= 0.3 is 0 Å². The molecule has 0 spiro atoms. The number of hydrogen-bond acceptors (Lipinski definition) is 5. The van der Waals surface area contributed by atoms with Gasteiger partial charge in [0, 0.05) is 31.2 Å². The number of methoxy groups -OCH3 is 2. The van der Waals surface area contributed by atoms with Gasteiger partial charge in [-0.3, -0.25) is 9.59 Å². The fraction of sp³-hybridized carbons (Fsp3) is 0.565. The Morgan fingerprint density at radius 2 is 1.70 bits per heavy atom. The monoisotopic (exact) mass is 415 g/mol. The molecular weight excluding hydrogens is 382 g/mol. The van der Waals surface area contributed by atoms with Gasteiger partial charge in [0.2, 0.25) is 0 Å². The maximum absolute atomic E-state index is 13.2. The van der Waals surface area contributed by atoms with Gasteiger partial charge in [-0.25, -0.2) is 0 Å². The van der Waals surface area contributed by atoms with Crippen molar-refractivity contribution < 1.29 is 14.3 Å². The third kappa shape index (κ3) is 4.95. The zero-order valence-corrected chi connectivity index (χ0v) is 18.3. The summed E-state index contributed by atoms with van der Waals surface area (Å²) >= 11 is 0. The molecule has 2 aromatic rings. The van der Waals surface area contributed by atoms with Crippen molar-refractivity contribution in [2.75, 3.05) is 40.4 Å². The number of aromatic nitrogens is 1. The fourth-order valence-electron chi connectivity index (χ4n) is 3.97. The number of nitrogens with one attached hydrogen (secondary N) is 1. The highest BCUT2D eigenvalue weighted by Crippen LogP contribution is 2.32. The third-order valence-corrected chi connectivity index (χ3v) is 5.76. The van der Waals surface area contributed by atoms with Crippen LogP contribution >= 0.6 is 0 Å². The molecular formula is C23H33N3O4. The number of likely N-dealkylation sites (tertiary alicyclic amines) is 1. The normalized spacial score (nSPS) is 14.6. The Morgan fingerprint density at radius 1 is 1.03 bits per heavy atom. The summed E-state index contributed by atoms with van der Waals surface area (Å²) in [6.07, 6.45) is 7.29. The number of rotatable bonds is 9. The average Bonchev–Trinajstić information content (AvgIpc) is 2.78. The number of fused-ring (bicyclic) bond motifs is 1. The molecule has 0 saturated carbocycles. The van der Waals surface area contributed by atoms with Crippen LogP contribution in [0.4, 0.5) is 0 Å². The lowest BCUT2D eigenvalue weighted by Crippen LogP contribution is -2.35. The molecule has 164 valence electrons. The van der Waals surface area contributed by atoms with Crippen molar-refractivity contribution in [1.82, 2.24) is 14.8 Å². The first kappa shape index (κ1) is 22.2. The van der Waals surface area contributed by atoms with E-state index in [1.165, 1.54) is 19.3 Å². The summed E-state index contributed by atoms with van der Waals surface area (Å²) in [4.78, 5) is 28.6. The summed E-state index contributed by atoms with van der Waals surface area (Å²) in [5.74, 6) is 0.804. The quantitative estimate of drug-likeness (QED) is 0.638. The summed E-state index contributed by atoms with van der Waals surface area (Å²) in [7, 11) is 3.09. The minimum Gasteiger partial charge on any atom is -0.493 e. The molecule has 3 rings (SSSR count). The molecule has 0 radical (unpaired) electrons. The summed E-state index contributed by atoms with van der Waals surface area (Å²) in [5, 5.41) is 4.02. The highest BCUT2D eigenvalue weighted by Gasteiger charge is 2.19. The van der Waals surface area contributed by atoms with Crippen molar-refractivity contribution in [1.29, 1.82) is 0 Å². The van der Waals surface area contributed by atoms with Crippen LogP contribution in [0.15, 0.2) is 23.1 Å². The average molecular weight is 416 g/mol. The molecule has 7 heteroatoms. The zero-order valence-electron chi connectivity index (χ0n) is 18.3. The number of carbonyl (C=O) groups is 1. The molecule has 1 N–H and O–H groups in total. The van der Waals surface area contributed by atoms with Crippen LogP contribution in [0.25, 0.3) is 10.8 Å². The van der Waals surface area contributed by atoms with Gasteiger partial charge in [0.1, 0.15) is 0 Å². The van der Waals surface area contributed by atoms with Crippen molar-refractivity contribution in [2.45, 2.75) is 45.6 Å². The topological polar surface area (TPSA) is 72.8 Å². The van der Waals surface area contributed by atoms with Crippen LogP contribution in [0.3, 0.4) is 0 Å². The Bertz CT molecular complexity index is 932. The lowest BCUT2D eigenvalue weighted by molar-refractivity contribution is 0.0954. The molecule has 1 aliphatic rings. The Balaban J connectivity index is 2.01. The van der Waals surface area contributed by atoms with Crippen molar-refractivity contribution in [3.05, 3.63) is 34.2 Å². The first-order valence-electron chi connectivity index (χ1n) is 10.9. The van der Waals surface area contributed by atoms with Crippen molar-refractivity contribution >= 4 is 16.7 Å². The molecule has 1 saturated heterocycles. The molecule has 1 amide bonds. The van der Waals surface area contributed by atoms with Crippen molar-refractivity contribution in [3.63, 3.8) is 0 Å². The van der Waals surface area contributed by atoms with Gasteiger partial charge < -0.3 is 24.3 Å². The molecule has 0 unspecified atom stereocenters. The van der Waals surface area contributed by atoms with E-state index in [1.807, 2.05) is 0 Å². The number of hydrogen-bond donors (Lipinski definition) is 1. The second kappa shape index (κ2) is 10.5. The van der Waals surface area contributed by atoms with Crippen molar-refractivity contribution in [3.8, 4) is 11.5 Å². The highest BCUT2D eigenvalue weighted by molar-refractivity contribution is 6.07. The first-order chi connectivity index (χ1) is 14.6. The number of nitrogens with zero attached hydrogens (tertiary/aromatic N) is 2. The molecule has 1 aliphatic heterocycles. The second-order valence-corrected chi connectivity index (χ2v) is 7.81. The number of carbonyl (C=O) groups excluding carboxylic acids is 1. The largest absolute Gasteiger partial charge is 0.493 e. The molecule has 1 fully saturated rings. The van der Waals surface area contributed by atoms with E-state index in [-0.39, 0.29) is 11.5 Å². The van der Waals surface area contributed by atoms with E-state index in [0.29, 0.717) is 40.9 Å². The van der Waals surface area contributed by atoms with Gasteiger partial charge in [0.15, 0.2) is 11.5 Å². The van der Waals surface area contributed by atoms with Crippen LogP contribution < -0.4 is 20.3 Å². The Hall–Kier alpha value is -2.54. The van der Waals surface area contributed by atoms with Crippen LogP contribution in [-0.4, -0.2) is 55.8 Å². The zero-order chi connectivity index (χ0) is 21.5. The predicted molar refractivity (Wildman–Crippen MR) is 119 cm³/mol. The smallest absolute Gasteiger partial charge is 0.258 e. The maximum atomic E-state index is 13.2. The summed E-state index contributed by atoms with van der Waals surface area (Å²) in [5.41, 5.74) is 0.369. The molecule has 0 bridgehead atoms. The number of amides is 1. The number of unbranched alkanes of at least 4 members (excludes halogenated alkanes) is 1. The number of pyridine rings is 1. The Kier molecular flexibility index (Phi) is 7.74. The van der Waals surface area contributed by atoms with Gasteiger partial charge in [-0.15, -0.1) is 0 Å². The van der Waals surface area contributed by atoms with E-state index >= 15 is 0 Å². The summed E-state index contributed by atoms with van der Waals surface area (Å²) < 4.78 is 12.5. The van der Waals surface area contributed by atoms with Gasteiger partial charge in [0.05, 0.1) is 25.2 Å². The number of benzene rings is 1. The summed E-state index contributed by atoms with van der Waals surface area (Å²) in [6.45, 7) is 6.18. The molecule has 7 nitrogen and oxygen atoms in total. The van der Waals surface area contributed by atoms with Crippen LogP contribution in [-0.2, 0) is 6.54 Å². The SMILES string of the molecule is CCCCNC(=O)c1cn(CCN2CCCCC2)c(=O)c2cc(OC)c(OC)cc12. The molecule has 30 heavy (non-hydrogen) atoms. The van der Waals surface area contributed by atoms with E-state index < -0.39 is 0 Å². The predicted octanol–water partition coefficient (Wildman–Crippen LogP) is 3.03. The van der Waals surface area contributed by atoms with E-state index in [2.05, 4.69) is 17.1 Å². The van der Waals surface area contributed by atoms with Gasteiger partial charge in [-0.2, -0.15) is 0 Å².